The molecule has 29 heavy (non-hydrogen) atoms. The maximum Gasteiger partial charge on any atom is 0.309 e. The number of esters is 1. The summed E-state index contributed by atoms with van der Waals surface area (Å²) in [6, 6.07) is 5.80. The second-order valence-corrected chi connectivity index (χ2v) is 7.01. The highest BCUT2D eigenvalue weighted by atomic mass is 16.7. The van der Waals surface area contributed by atoms with Gasteiger partial charge in [0.05, 0.1) is 12.5 Å². The van der Waals surface area contributed by atoms with Crippen molar-refractivity contribution in [3.05, 3.63) is 30.1 Å². The zero-order chi connectivity index (χ0) is 20.2. The van der Waals surface area contributed by atoms with Gasteiger partial charge < -0.3 is 30.2 Å². The van der Waals surface area contributed by atoms with Crippen LogP contribution in [-0.2, 0) is 16.1 Å². The van der Waals surface area contributed by atoms with Crippen molar-refractivity contribution in [2.45, 2.75) is 26.3 Å². The molecule has 9 heteroatoms. The highest BCUT2D eigenvalue weighted by molar-refractivity contribution is 5.76. The third-order valence-corrected chi connectivity index (χ3v) is 5.17. The monoisotopic (exact) mass is 399 g/mol. The summed E-state index contributed by atoms with van der Waals surface area (Å²) in [4.78, 5) is 22.7. The molecule has 1 aromatic carbocycles. The number of hydrogen-bond acceptors (Lipinski definition) is 9. The summed E-state index contributed by atoms with van der Waals surface area (Å²) in [7, 11) is 0. The molecule has 0 atom stereocenters. The lowest BCUT2D eigenvalue weighted by atomic mass is 9.97. The minimum absolute atomic E-state index is 0.0575. The van der Waals surface area contributed by atoms with E-state index in [-0.39, 0.29) is 18.7 Å². The van der Waals surface area contributed by atoms with Gasteiger partial charge in [-0.2, -0.15) is 0 Å². The van der Waals surface area contributed by atoms with E-state index in [1.54, 1.807) is 0 Å². The SMILES string of the molecule is CCOC(=O)C1CCN(c2ncnc(NCc3ccc4c(c3)OCO4)c2N)CC1. The predicted molar refractivity (Wildman–Crippen MR) is 108 cm³/mol. The predicted octanol–water partition coefficient (Wildman–Crippen LogP) is 2.18. The molecule has 2 aliphatic heterocycles. The molecule has 0 unspecified atom stereocenters. The number of nitrogen functional groups attached to an aromatic ring is 1. The van der Waals surface area contributed by atoms with E-state index in [4.69, 9.17) is 19.9 Å². The van der Waals surface area contributed by atoms with Crippen molar-refractivity contribution in [3.8, 4) is 11.5 Å². The number of ether oxygens (including phenoxy) is 3. The molecule has 0 radical (unpaired) electrons. The van der Waals surface area contributed by atoms with Crippen LogP contribution >= 0.6 is 0 Å². The van der Waals surface area contributed by atoms with Gasteiger partial charge in [0.25, 0.3) is 0 Å². The van der Waals surface area contributed by atoms with Crippen LogP contribution < -0.4 is 25.4 Å². The number of piperidine rings is 1. The van der Waals surface area contributed by atoms with Gasteiger partial charge in [-0.1, -0.05) is 6.07 Å². The molecular formula is C20H25N5O4. The number of anilines is 3. The van der Waals surface area contributed by atoms with Crippen LogP contribution in [0.15, 0.2) is 24.5 Å². The van der Waals surface area contributed by atoms with E-state index in [9.17, 15) is 4.79 Å². The summed E-state index contributed by atoms with van der Waals surface area (Å²) in [5.74, 6) is 2.59. The van der Waals surface area contributed by atoms with Crippen molar-refractivity contribution in [2.24, 2.45) is 5.92 Å². The average Bonchev–Trinajstić information content (AvgIpc) is 3.21. The number of nitrogens with two attached hydrogens (primary N) is 1. The number of hydrogen-bond donors (Lipinski definition) is 2. The molecule has 1 aromatic heterocycles. The van der Waals surface area contributed by atoms with Crippen LogP contribution in [-0.4, -0.2) is 42.4 Å². The highest BCUT2D eigenvalue weighted by Crippen LogP contribution is 2.33. The summed E-state index contributed by atoms with van der Waals surface area (Å²) in [6.45, 7) is 4.44. The number of carbonyl (C=O) groups is 1. The third kappa shape index (κ3) is 4.13. The number of fused-ring (bicyclic) bond motifs is 1. The van der Waals surface area contributed by atoms with Crippen LogP contribution in [0.1, 0.15) is 25.3 Å². The van der Waals surface area contributed by atoms with E-state index >= 15 is 0 Å². The van der Waals surface area contributed by atoms with Gasteiger partial charge >= 0.3 is 5.97 Å². The fourth-order valence-corrected chi connectivity index (χ4v) is 3.60. The minimum Gasteiger partial charge on any atom is -0.466 e. The van der Waals surface area contributed by atoms with E-state index in [1.807, 2.05) is 25.1 Å². The Labute approximate surface area is 169 Å². The minimum atomic E-state index is -0.117. The smallest absolute Gasteiger partial charge is 0.309 e. The molecule has 4 rings (SSSR count). The zero-order valence-electron chi connectivity index (χ0n) is 16.4. The van der Waals surface area contributed by atoms with E-state index in [2.05, 4.69) is 20.2 Å². The fourth-order valence-electron chi connectivity index (χ4n) is 3.60. The van der Waals surface area contributed by atoms with Gasteiger partial charge in [0, 0.05) is 19.6 Å². The van der Waals surface area contributed by atoms with Crippen LogP contribution in [0.2, 0.25) is 0 Å². The van der Waals surface area contributed by atoms with Gasteiger partial charge in [0.2, 0.25) is 6.79 Å². The van der Waals surface area contributed by atoms with Crippen molar-refractivity contribution >= 4 is 23.3 Å². The Kier molecular flexibility index (Phi) is 5.55. The average molecular weight is 399 g/mol. The van der Waals surface area contributed by atoms with E-state index in [0.29, 0.717) is 43.6 Å². The molecule has 9 nitrogen and oxygen atoms in total. The Morgan fingerprint density at radius 1 is 1.28 bits per heavy atom. The Balaban J connectivity index is 1.39. The van der Waals surface area contributed by atoms with Crippen molar-refractivity contribution in [1.82, 2.24) is 9.97 Å². The molecular weight excluding hydrogens is 374 g/mol. The molecule has 0 amide bonds. The normalized spacial score (nSPS) is 16.0. The molecule has 0 saturated carbocycles. The van der Waals surface area contributed by atoms with Crippen LogP contribution in [0.25, 0.3) is 0 Å². The lowest BCUT2D eigenvalue weighted by molar-refractivity contribution is -0.148. The first kappa shape index (κ1) is 19.1. The standard InChI is InChI=1S/C20H25N5O4/c1-2-27-20(26)14-5-7-25(8-6-14)19-17(21)18(23-11-24-19)22-10-13-3-4-15-16(9-13)29-12-28-15/h3-4,9,11,14H,2,5-8,10,12,21H2,1H3,(H,22,23,24). The van der Waals surface area contributed by atoms with Gasteiger partial charge in [-0.25, -0.2) is 9.97 Å². The highest BCUT2D eigenvalue weighted by Gasteiger charge is 2.28. The van der Waals surface area contributed by atoms with Crippen molar-refractivity contribution < 1.29 is 19.0 Å². The van der Waals surface area contributed by atoms with Gasteiger partial charge in [-0.3, -0.25) is 4.79 Å². The number of rotatable bonds is 6. The lowest BCUT2D eigenvalue weighted by Gasteiger charge is -2.32. The second-order valence-electron chi connectivity index (χ2n) is 7.01. The molecule has 3 N–H and O–H groups in total. The van der Waals surface area contributed by atoms with Gasteiger partial charge in [-0.05, 0) is 37.5 Å². The molecule has 154 valence electrons. The first-order chi connectivity index (χ1) is 14.2. The van der Waals surface area contributed by atoms with E-state index in [0.717, 1.165) is 29.9 Å². The number of nitrogens with one attached hydrogen (secondary N) is 1. The summed E-state index contributed by atoms with van der Waals surface area (Å²) < 4.78 is 15.9. The molecule has 2 aromatic rings. The van der Waals surface area contributed by atoms with Gasteiger partial charge in [0.15, 0.2) is 23.1 Å². The zero-order valence-corrected chi connectivity index (χ0v) is 16.4. The van der Waals surface area contributed by atoms with Crippen LogP contribution in [0.5, 0.6) is 11.5 Å². The maximum absolute atomic E-state index is 11.9. The van der Waals surface area contributed by atoms with E-state index < -0.39 is 0 Å². The fraction of sp³-hybridized carbons (Fsp3) is 0.450. The molecule has 0 aliphatic carbocycles. The van der Waals surface area contributed by atoms with Crippen molar-refractivity contribution in [2.75, 3.05) is 42.4 Å². The molecule has 0 spiro atoms. The number of carbonyl (C=O) groups excluding carboxylic acids is 1. The third-order valence-electron chi connectivity index (χ3n) is 5.17. The summed E-state index contributed by atoms with van der Waals surface area (Å²) in [5, 5.41) is 3.27. The van der Waals surface area contributed by atoms with Crippen molar-refractivity contribution in [1.29, 1.82) is 0 Å². The van der Waals surface area contributed by atoms with Crippen LogP contribution in [0.4, 0.5) is 17.3 Å². The Morgan fingerprint density at radius 3 is 2.86 bits per heavy atom. The largest absolute Gasteiger partial charge is 0.466 e. The van der Waals surface area contributed by atoms with Gasteiger partial charge in [-0.15, -0.1) is 0 Å². The quantitative estimate of drug-likeness (QED) is 0.706. The second kappa shape index (κ2) is 8.42. The first-order valence-electron chi connectivity index (χ1n) is 9.80. The number of aromatic nitrogens is 2. The maximum atomic E-state index is 11.9. The topological polar surface area (TPSA) is 112 Å². The van der Waals surface area contributed by atoms with E-state index in [1.165, 1.54) is 6.33 Å². The summed E-state index contributed by atoms with van der Waals surface area (Å²) in [6.07, 6.45) is 2.95. The van der Waals surface area contributed by atoms with Crippen LogP contribution in [0, 0.1) is 5.92 Å². The molecule has 3 heterocycles. The number of benzene rings is 1. The number of nitrogens with zero attached hydrogens (tertiary/aromatic N) is 3. The Hall–Kier alpha value is -3.23. The van der Waals surface area contributed by atoms with Crippen molar-refractivity contribution in [3.63, 3.8) is 0 Å². The molecule has 1 saturated heterocycles. The summed E-state index contributed by atoms with van der Waals surface area (Å²) >= 11 is 0. The Bertz CT molecular complexity index is 883. The van der Waals surface area contributed by atoms with Gasteiger partial charge in [0.1, 0.15) is 12.0 Å². The molecule has 1 fully saturated rings. The molecule has 0 bridgehead atoms. The lowest BCUT2D eigenvalue weighted by Crippen LogP contribution is -2.38. The Morgan fingerprint density at radius 2 is 2.07 bits per heavy atom. The van der Waals surface area contributed by atoms with Crippen LogP contribution in [0.3, 0.4) is 0 Å². The first-order valence-corrected chi connectivity index (χ1v) is 9.80. The molecule has 2 aliphatic rings. The summed E-state index contributed by atoms with van der Waals surface area (Å²) in [5.41, 5.74) is 7.88.